The van der Waals surface area contributed by atoms with Gasteiger partial charge in [0.2, 0.25) is 5.91 Å². The van der Waals surface area contributed by atoms with E-state index in [0.717, 1.165) is 22.4 Å². The van der Waals surface area contributed by atoms with Crippen LogP contribution < -0.4 is 19.5 Å². The molecule has 2 rings (SSSR count). The van der Waals surface area contributed by atoms with Gasteiger partial charge in [-0.3, -0.25) is 4.79 Å². The second-order valence-corrected chi connectivity index (χ2v) is 6.17. The van der Waals surface area contributed by atoms with Crippen LogP contribution in [0.5, 0.6) is 17.2 Å². The zero-order valence-corrected chi connectivity index (χ0v) is 16.5. The number of rotatable bonds is 8. The van der Waals surface area contributed by atoms with Crippen molar-refractivity contribution >= 4 is 12.0 Å². The van der Waals surface area contributed by atoms with Crippen LogP contribution in [0.2, 0.25) is 0 Å². The van der Waals surface area contributed by atoms with Crippen molar-refractivity contribution < 1.29 is 19.0 Å². The van der Waals surface area contributed by atoms with E-state index in [4.69, 9.17) is 19.5 Å². The Hall–Kier alpha value is -3.46. The molecular formula is C22H24N2O4. The van der Waals surface area contributed by atoms with Gasteiger partial charge in [-0.15, -0.1) is 0 Å². The molecule has 0 unspecified atom stereocenters. The molecule has 0 aromatic heterocycles. The quantitative estimate of drug-likeness (QED) is 0.705. The summed E-state index contributed by atoms with van der Waals surface area (Å²) < 4.78 is 15.9. The highest BCUT2D eigenvalue weighted by atomic mass is 16.5. The lowest BCUT2D eigenvalue weighted by atomic mass is 10.0. The first-order valence-corrected chi connectivity index (χ1v) is 8.79. The van der Waals surface area contributed by atoms with Crippen LogP contribution in [0.4, 0.5) is 0 Å². The summed E-state index contributed by atoms with van der Waals surface area (Å²) in [6.07, 6.45) is 3.15. The third kappa shape index (κ3) is 5.52. The van der Waals surface area contributed by atoms with Crippen molar-refractivity contribution in [1.29, 1.82) is 5.26 Å². The van der Waals surface area contributed by atoms with Crippen LogP contribution in [0.3, 0.4) is 0 Å². The molecule has 146 valence electrons. The number of carbonyl (C=O) groups excluding carboxylic acids is 1. The molecule has 0 saturated carbocycles. The van der Waals surface area contributed by atoms with E-state index in [-0.39, 0.29) is 18.6 Å². The second kappa shape index (κ2) is 10.0. The number of nitrogens with zero attached hydrogens (tertiary/aromatic N) is 1. The minimum atomic E-state index is -0.222. The molecular weight excluding hydrogens is 356 g/mol. The molecule has 1 N–H and O–H groups in total. The summed E-state index contributed by atoms with van der Waals surface area (Å²) in [5.41, 5.74) is 2.79. The fraction of sp³-hybridized carbons (Fsp3) is 0.273. The topological polar surface area (TPSA) is 80.6 Å². The molecule has 0 aliphatic carbocycles. The van der Waals surface area contributed by atoms with Crippen LogP contribution >= 0.6 is 0 Å². The predicted molar refractivity (Wildman–Crippen MR) is 107 cm³/mol. The smallest absolute Gasteiger partial charge is 0.244 e. The van der Waals surface area contributed by atoms with Crippen LogP contribution in [0.15, 0.2) is 42.5 Å². The van der Waals surface area contributed by atoms with Gasteiger partial charge in [-0.1, -0.05) is 23.8 Å². The minimum Gasteiger partial charge on any atom is -0.496 e. The molecule has 0 aliphatic heterocycles. The molecule has 2 aromatic carbocycles. The summed E-state index contributed by atoms with van der Waals surface area (Å²) in [5.74, 6) is 1.49. The van der Waals surface area contributed by atoms with E-state index in [0.29, 0.717) is 11.5 Å². The lowest BCUT2D eigenvalue weighted by Crippen LogP contribution is -2.25. The van der Waals surface area contributed by atoms with Crippen molar-refractivity contribution in [2.75, 3.05) is 20.8 Å². The molecule has 0 aliphatic rings. The Kier molecular flexibility index (Phi) is 7.46. The third-order valence-corrected chi connectivity index (χ3v) is 4.12. The van der Waals surface area contributed by atoms with Crippen LogP contribution in [0.1, 0.15) is 29.7 Å². The Morgan fingerprint density at radius 2 is 1.86 bits per heavy atom. The Bertz CT molecular complexity index is 900. The van der Waals surface area contributed by atoms with Gasteiger partial charge in [-0.25, -0.2) is 0 Å². The lowest BCUT2D eigenvalue weighted by Gasteiger charge is -2.17. The number of ether oxygens (including phenoxy) is 3. The average Bonchev–Trinajstić information content (AvgIpc) is 2.70. The molecule has 1 amide bonds. The molecule has 0 radical (unpaired) electrons. The number of amides is 1. The summed E-state index contributed by atoms with van der Waals surface area (Å²) in [6, 6.07) is 12.8. The summed E-state index contributed by atoms with van der Waals surface area (Å²) in [4.78, 5) is 12.3. The van der Waals surface area contributed by atoms with Crippen molar-refractivity contribution in [2.45, 2.75) is 19.9 Å². The maximum atomic E-state index is 12.3. The van der Waals surface area contributed by atoms with Gasteiger partial charge in [-0.05, 0) is 43.7 Å². The standard InChI is InChI=1S/C22H24N2O4/c1-15-5-8-19(26-3)18(13-15)16(2)24-22(25)10-7-17-6-9-20(28-12-11-23)21(14-17)27-4/h5-10,13-14,16H,12H2,1-4H3,(H,24,25)/b10-7+/t16-/m0/s1. The second-order valence-electron chi connectivity index (χ2n) is 6.17. The summed E-state index contributed by atoms with van der Waals surface area (Å²) in [5, 5.41) is 11.6. The fourth-order valence-electron chi connectivity index (χ4n) is 2.72. The first kappa shape index (κ1) is 20.8. The molecule has 6 heteroatoms. The van der Waals surface area contributed by atoms with Gasteiger partial charge in [-0.2, -0.15) is 5.26 Å². The van der Waals surface area contributed by atoms with Gasteiger partial charge >= 0.3 is 0 Å². The minimum absolute atomic E-state index is 0.0612. The van der Waals surface area contributed by atoms with E-state index >= 15 is 0 Å². The normalized spacial score (nSPS) is 11.5. The Balaban J connectivity index is 2.07. The Morgan fingerprint density at radius 3 is 2.54 bits per heavy atom. The zero-order chi connectivity index (χ0) is 20.5. The Morgan fingerprint density at radius 1 is 1.14 bits per heavy atom. The van der Waals surface area contributed by atoms with Crippen LogP contribution in [-0.2, 0) is 4.79 Å². The number of aryl methyl sites for hydroxylation is 1. The predicted octanol–water partition coefficient (Wildman–Crippen LogP) is 3.81. The molecule has 0 bridgehead atoms. The van der Waals surface area contributed by atoms with E-state index in [1.165, 1.54) is 13.2 Å². The number of benzene rings is 2. The maximum absolute atomic E-state index is 12.3. The molecule has 28 heavy (non-hydrogen) atoms. The van der Waals surface area contributed by atoms with Crippen molar-refractivity contribution in [3.8, 4) is 23.3 Å². The highest BCUT2D eigenvalue weighted by Gasteiger charge is 2.13. The van der Waals surface area contributed by atoms with Gasteiger partial charge in [0.15, 0.2) is 18.1 Å². The largest absolute Gasteiger partial charge is 0.496 e. The Labute approximate surface area is 165 Å². The first-order valence-electron chi connectivity index (χ1n) is 8.79. The van der Waals surface area contributed by atoms with Gasteiger partial charge in [0.25, 0.3) is 0 Å². The summed E-state index contributed by atoms with van der Waals surface area (Å²) in [6.45, 7) is 3.84. The number of methoxy groups -OCH3 is 2. The van der Waals surface area contributed by atoms with Gasteiger partial charge < -0.3 is 19.5 Å². The van der Waals surface area contributed by atoms with Crippen molar-refractivity contribution in [3.05, 3.63) is 59.2 Å². The summed E-state index contributed by atoms with van der Waals surface area (Å²) >= 11 is 0. The van der Waals surface area contributed by atoms with E-state index in [1.54, 1.807) is 31.4 Å². The molecule has 0 spiro atoms. The number of nitriles is 1. The van der Waals surface area contributed by atoms with Gasteiger partial charge in [0.05, 0.1) is 20.3 Å². The number of hydrogen-bond donors (Lipinski definition) is 1. The maximum Gasteiger partial charge on any atom is 0.244 e. The van der Waals surface area contributed by atoms with Gasteiger partial charge in [0, 0.05) is 11.6 Å². The van der Waals surface area contributed by atoms with E-state index in [2.05, 4.69) is 5.32 Å². The highest BCUT2D eigenvalue weighted by molar-refractivity contribution is 5.92. The van der Waals surface area contributed by atoms with Crippen molar-refractivity contribution in [3.63, 3.8) is 0 Å². The molecule has 0 saturated heterocycles. The molecule has 2 aromatic rings. The fourth-order valence-corrected chi connectivity index (χ4v) is 2.72. The van der Waals surface area contributed by atoms with Crippen LogP contribution in [-0.4, -0.2) is 26.7 Å². The molecule has 1 atom stereocenters. The van der Waals surface area contributed by atoms with Crippen molar-refractivity contribution in [1.82, 2.24) is 5.32 Å². The van der Waals surface area contributed by atoms with Gasteiger partial charge in [0.1, 0.15) is 11.8 Å². The van der Waals surface area contributed by atoms with Crippen LogP contribution in [0, 0.1) is 18.3 Å². The van der Waals surface area contributed by atoms with E-state index in [1.807, 2.05) is 38.1 Å². The monoisotopic (exact) mass is 380 g/mol. The van der Waals surface area contributed by atoms with Crippen LogP contribution in [0.25, 0.3) is 6.08 Å². The average molecular weight is 380 g/mol. The lowest BCUT2D eigenvalue weighted by molar-refractivity contribution is -0.117. The van der Waals surface area contributed by atoms with Crippen molar-refractivity contribution in [2.24, 2.45) is 0 Å². The van der Waals surface area contributed by atoms with E-state index < -0.39 is 0 Å². The molecule has 0 fully saturated rings. The molecule has 6 nitrogen and oxygen atoms in total. The molecule has 0 heterocycles. The zero-order valence-electron chi connectivity index (χ0n) is 16.5. The van der Waals surface area contributed by atoms with E-state index in [9.17, 15) is 4.79 Å². The summed E-state index contributed by atoms with van der Waals surface area (Å²) in [7, 11) is 3.13. The first-order chi connectivity index (χ1) is 13.5. The SMILES string of the molecule is COc1cc(/C=C/C(=O)N[C@@H](C)c2cc(C)ccc2OC)ccc1OCC#N. The number of nitrogens with one attached hydrogen (secondary N) is 1. The number of hydrogen-bond acceptors (Lipinski definition) is 5. The third-order valence-electron chi connectivity index (χ3n) is 4.12. The number of carbonyl (C=O) groups is 1. The highest BCUT2D eigenvalue weighted by Crippen LogP contribution is 2.29.